The number of nitrogens with one attached hydrogen (secondary N) is 1. The molecule has 25 heavy (non-hydrogen) atoms. The molecule has 4 heteroatoms. The molecule has 0 radical (unpaired) electrons. The van der Waals surface area contributed by atoms with Crippen molar-refractivity contribution in [3.05, 3.63) is 90.0 Å². The van der Waals surface area contributed by atoms with E-state index in [1.165, 1.54) is 11.8 Å². The number of amides is 1. The van der Waals surface area contributed by atoms with Crippen LogP contribution in [0.5, 0.6) is 0 Å². The van der Waals surface area contributed by atoms with Gasteiger partial charge in [0.1, 0.15) is 5.25 Å². The number of aryl methyl sites for hydroxylation is 1. The van der Waals surface area contributed by atoms with Crippen molar-refractivity contribution in [2.75, 3.05) is 11.1 Å². The van der Waals surface area contributed by atoms with Crippen molar-refractivity contribution < 1.29 is 4.79 Å². The molecule has 0 fully saturated rings. The monoisotopic (exact) mass is 348 g/mol. The number of nitrogens with two attached hydrogens (primary N) is 1. The lowest BCUT2D eigenvalue weighted by Gasteiger charge is -2.18. The molecule has 0 saturated heterocycles. The Labute approximate surface area is 152 Å². The zero-order chi connectivity index (χ0) is 17.6. The minimum absolute atomic E-state index is 0.0482. The number of anilines is 2. The summed E-state index contributed by atoms with van der Waals surface area (Å²) in [5.41, 5.74) is 9.40. The van der Waals surface area contributed by atoms with Gasteiger partial charge in [0.25, 0.3) is 0 Å². The van der Waals surface area contributed by atoms with Crippen molar-refractivity contribution in [1.29, 1.82) is 0 Å². The van der Waals surface area contributed by atoms with E-state index in [1.54, 1.807) is 0 Å². The number of carbonyl (C=O) groups is 1. The number of nitrogen functional groups attached to an aromatic ring is 1. The van der Waals surface area contributed by atoms with Gasteiger partial charge in [-0.3, -0.25) is 4.79 Å². The van der Waals surface area contributed by atoms with E-state index in [0.29, 0.717) is 5.69 Å². The summed E-state index contributed by atoms with van der Waals surface area (Å²) in [5, 5.41) is 2.69. The van der Waals surface area contributed by atoms with E-state index >= 15 is 0 Å². The van der Waals surface area contributed by atoms with Crippen LogP contribution in [0.4, 0.5) is 11.4 Å². The molecule has 3 aromatic rings. The predicted molar refractivity (Wildman–Crippen MR) is 106 cm³/mol. The first-order valence-electron chi connectivity index (χ1n) is 8.07. The molecule has 0 aliphatic heterocycles. The van der Waals surface area contributed by atoms with Gasteiger partial charge in [-0.15, -0.1) is 11.8 Å². The summed E-state index contributed by atoms with van der Waals surface area (Å²) in [6.07, 6.45) is 0. The SMILES string of the molecule is Cc1ccccc1NC(=O)C(Sc1cccc(N)c1)c1ccccc1. The molecule has 3 aromatic carbocycles. The molecule has 1 unspecified atom stereocenters. The third kappa shape index (κ3) is 4.43. The van der Waals surface area contributed by atoms with Gasteiger partial charge in [0.05, 0.1) is 0 Å². The first-order valence-corrected chi connectivity index (χ1v) is 8.95. The third-order valence-corrected chi connectivity index (χ3v) is 5.10. The van der Waals surface area contributed by atoms with Crippen molar-refractivity contribution in [2.24, 2.45) is 0 Å². The number of thioether (sulfide) groups is 1. The highest BCUT2D eigenvalue weighted by molar-refractivity contribution is 8.00. The van der Waals surface area contributed by atoms with Crippen LogP contribution in [0.25, 0.3) is 0 Å². The molecule has 1 atom stereocenters. The topological polar surface area (TPSA) is 55.1 Å². The number of hydrogen-bond donors (Lipinski definition) is 2. The van der Waals surface area contributed by atoms with E-state index in [-0.39, 0.29) is 11.2 Å². The lowest BCUT2D eigenvalue weighted by Crippen LogP contribution is -2.19. The maximum absolute atomic E-state index is 13.0. The fourth-order valence-corrected chi connectivity index (χ4v) is 3.63. The third-order valence-electron chi connectivity index (χ3n) is 3.86. The van der Waals surface area contributed by atoms with Crippen LogP contribution < -0.4 is 11.1 Å². The minimum Gasteiger partial charge on any atom is -0.399 e. The molecule has 1 amide bonds. The second kappa shape index (κ2) is 7.90. The van der Waals surface area contributed by atoms with Crippen molar-refractivity contribution in [1.82, 2.24) is 0 Å². The van der Waals surface area contributed by atoms with Gasteiger partial charge in [-0.2, -0.15) is 0 Å². The van der Waals surface area contributed by atoms with E-state index in [2.05, 4.69) is 5.32 Å². The fraction of sp³-hybridized carbons (Fsp3) is 0.0952. The summed E-state index contributed by atoms with van der Waals surface area (Å²) in [7, 11) is 0. The molecule has 0 aliphatic rings. The van der Waals surface area contributed by atoms with Crippen molar-refractivity contribution in [2.45, 2.75) is 17.1 Å². The average Bonchev–Trinajstić information content (AvgIpc) is 2.62. The quantitative estimate of drug-likeness (QED) is 0.501. The zero-order valence-electron chi connectivity index (χ0n) is 14.0. The zero-order valence-corrected chi connectivity index (χ0v) is 14.8. The normalized spacial score (nSPS) is 11.7. The summed E-state index contributed by atoms with van der Waals surface area (Å²) in [6, 6.07) is 25.2. The Bertz CT molecular complexity index is 865. The summed E-state index contributed by atoms with van der Waals surface area (Å²) < 4.78 is 0. The molecule has 126 valence electrons. The van der Waals surface area contributed by atoms with Crippen LogP contribution in [0.2, 0.25) is 0 Å². The molecule has 3 rings (SSSR count). The Morgan fingerprint density at radius 3 is 2.40 bits per heavy atom. The van der Waals surface area contributed by atoms with Gasteiger partial charge in [0.15, 0.2) is 0 Å². The second-order valence-electron chi connectivity index (χ2n) is 5.79. The summed E-state index contributed by atoms with van der Waals surface area (Å²) >= 11 is 1.50. The highest BCUT2D eigenvalue weighted by Gasteiger charge is 2.22. The van der Waals surface area contributed by atoms with Crippen molar-refractivity contribution in [3.8, 4) is 0 Å². The minimum atomic E-state index is -0.359. The first kappa shape index (κ1) is 17.1. The standard InChI is InChI=1S/C21H20N2OS/c1-15-8-5-6-13-19(15)23-21(24)20(16-9-3-2-4-10-16)25-18-12-7-11-17(22)14-18/h2-14,20H,22H2,1H3,(H,23,24). The molecule has 0 aliphatic carbocycles. The lowest BCUT2D eigenvalue weighted by molar-refractivity contribution is -0.115. The van der Waals surface area contributed by atoms with Crippen molar-refractivity contribution >= 4 is 29.0 Å². The van der Waals surface area contributed by atoms with Crippen LogP contribution in [-0.2, 0) is 4.79 Å². The maximum Gasteiger partial charge on any atom is 0.242 e. The van der Waals surface area contributed by atoms with Crippen LogP contribution in [0.1, 0.15) is 16.4 Å². The maximum atomic E-state index is 13.0. The van der Waals surface area contributed by atoms with Gasteiger partial charge in [0.2, 0.25) is 5.91 Å². The van der Waals surface area contributed by atoms with E-state index < -0.39 is 0 Å². The Hall–Kier alpha value is -2.72. The Morgan fingerprint density at radius 2 is 1.68 bits per heavy atom. The average molecular weight is 348 g/mol. The van der Waals surface area contributed by atoms with Crippen LogP contribution >= 0.6 is 11.8 Å². The summed E-state index contributed by atoms with van der Waals surface area (Å²) in [4.78, 5) is 14.0. The second-order valence-corrected chi connectivity index (χ2v) is 6.96. The molecule has 0 bridgehead atoms. The summed E-state index contributed by atoms with van der Waals surface area (Å²) in [6.45, 7) is 1.98. The highest BCUT2D eigenvalue weighted by atomic mass is 32.2. The smallest absolute Gasteiger partial charge is 0.242 e. The van der Waals surface area contributed by atoms with Gasteiger partial charge < -0.3 is 11.1 Å². The molecular weight excluding hydrogens is 328 g/mol. The molecule has 0 spiro atoms. The van der Waals surface area contributed by atoms with Gasteiger partial charge in [-0.1, -0.05) is 54.6 Å². The van der Waals surface area contributed by atoms with E-state index in [1.807, 2.05) is 85.8 Å². The highest BCUT2D eigenvalue weighted by Crippen LogP contribution is 2.37. The Balaban J connectivity index is 1.88. The predicted octanol–water partition coefficient (Wildman–Crippen LogP) is 5.05. The Kier molecular flexibility index (Phi) is 5.41. The fourth-order valence-electron chi connectivity index (χ4n) is 2.54. The molecule has 0 heterocycles. The van der Waals surface area contributed by atoms with Crippen LogP contribution in [0.3, 0.4) is 0 Å². The number of carbonyl (C=O) groups excluding carboxylic acids is 1. The molecular formula is C21H20N2OS. The Morgan fingerprint density at radius 1 is 0.960 bits per heavy atom. The number of benzene rings is 3. The lowest BCUT2D eigenvalue weighted by atomic mass is 10.1. The number of hydrogen-bond acceptors (Lipinski definition) is 3. The number of para-hydroxylation sites is 1. The molecule has 3 nitrogen and oxygen atoms in total. The van der Waals surface area contributed by atoms with Crippen LogP contribution in [0, 0.1) is 6.92 Å². The van der Waals surface area contributed by atoms with Gasteiger partial charge in [-0.05, 0) is 42.3 Å². The van der Waals surface area contributed by atoms with Crippen LogP contribution in [-0.4, -0.2) is 5.91 Å². The van der Waals surface area contributed by atoms with E-state index in [4.69, 9.17) is 5.73 Å². The van der Waals surface area contributed by atoms with Gasteiger partial charge in [-0.25, -0.2) is 0 Å². The van der Waals surface area contributed by atoms with Gasteiger partial charge in [0, 0.05) is 16.3 Å². The van der Waals surface area contributed by atoms with Crippen molar-refractivity contribution in [3.63, 3.8) is 0 Å². The van der Waals surface area contributed by atoms with Gasteiger partial charge >= 0.3 is 0 Å². The van der Waals surface area contributed by atoms with E-state index in [9.17, 15) is 4.79 Å². The first-order chi connectivity index (χ1) is 12.1. The summed E-state index contributed by atoms with van der Waals surface area (Å²) in [5.74, 6) is -0.0482. The largest absolute Gasteiger partial charge is 0.399 e. The number of rotatable bonds is 5. The van der Waals surface area contributed by atoms with E-state index in [0.717, 1.165) is 21.7 Å². The molecule has 3 N–H and O–H groups in total. The molecule has 0 aromatic heterocycles. The molecule has 0 saturated carbocycles. The van der Waals surface area contributed by atoms with Crippen LogP contribution in [0.15, 0.2) is 83.8 Å².